The highest BCUT2D eigenvalue weighted by molar-refractivity contribution is 6.06. The molecule has 7 heteroatoms. The lowest BCUT2D eigenvalue weighted by Gasteiger charge is -2.22. The topological polar surface area (TPSA) is 84.3 Å². The molecule has 1 unspecified atom stereocenters. The number of rotatable bonds is 5. The van der Waals surface area contributed by atoms with E-state index >= 15 is 0 Å². The lowest BCUT2D eigenvalue weighted by Crippen LogP contribution is -2.37. The van der Waals surface area contributed by atoms with Crippen molar-refractivity contribution in [2.24, 2.45) is 0 Å². The van der Waals surface area contributed by atoms with E-state index in [2.05, 4.69) is 10.4 Å². The second kappa shape index (κ2) is 8.55. The maximum Gasteiger partial charge on any atom is 0.278 e. The van der Waals surface area contributed by atoms with Gasteiger partial charge in [-0.15, -0.1) is 0 Å². The number of carbonyl (C=O) groups excluding carboxylic acids is 2. The number of benzene rings is 2. The van der Waals surface area contributed by atoms with Gasteiger partial charge in [-0.25, -0.2) is 4.68 Å². The molecule has 1 aliphatic rings. The van der Waals surface area contributed by atoms with E-state index in [1.165, 1.54) is 16.8 Å². The molecule has 3 aromatic rings. The molecule has 0 aliphatic carbocycles. The first-order chi connectivity index (χ1) is 14.9. The number of carbonyl (C=O) groups is 2. The van der Waals surface area contributed by atoms with Crippen molar-refractivity contribution < 1.29 is 9.59 Å². The third-order valence-corrected chi connectivity index (χ3v) is 5.48. The summed E-state index contributed by atoms with van der Waals surface area (Å²) < 4.78 is 1.18. The molecule has 0 radical (unpaired) electrons. The van der Waals surface area contributed by atoms with Crippen molar-refractivity contribution in [1.82, 2.24) is 9.78 Å². The number of hydrogen-bond donors (Lipinski definition) is 1. The Kier molecular flexibility index (Phi) is 5.66. The molecule has 1 aromatic heterocycles. The Bertz CT molecular complexity index is 1200. The van der Waals surface area contributed by atoms with Gasteiger partial charge in [0.2, 0.25) is 5.91 Å². The summed E-state index contributed by atoms with van der Waals surface area (Å²) in [6, 6.07) is 18.1. The van der Waals surface area contributed by atoms with Crippen LogP contribution in [-0.4, -0.2) is 27.6 Å². The van der Waals surface area contributed by atoms with Crippen molar-refractivity contribution in [2.75, 3.05) is 10.2 Å². The highest BCUT2D eigenvalue weighted by atomic mass is 16.2. The predicted octanol–water partition coefficient (Wildman–Crippen LogP) is 3.17. The number of anilines is 2. The second-order valence-corrected chi connectivity index (χ2v) is 7.75. The molecule has 1 N–H and O–H groups in total. The number of para-hydroxylation sites is 2. The van der Waals surface area contributed by atoms with Gasteiger partial charge in [0.25, 0.3) is 11.5 Å². The number of hydrogen-bond acceptors (Lipinski definition) is 4. The fourth-order valence-corrected chi connectivity index (χ4v) is 3.85. The number of aryl methyl sites for hydroxylation is 2. The van der Waals surface area contributed by atoms with Gasteiger partial charge in [-0.2, -0.15) is 5.10 Å². The summed E-state index contributed by atoms with van der Waals surface area (Å²) in [5.74, 6) is -0.475. The average Bonchev–Trinajstić information content (AvgIpc) is 3.10. The number of amides is 2. The fourth-order valence-electron chi connectivity index (χ4n) is 3.85. The highest BCUT2D eigenvalue weighted by Gasteiger charge is 2.32. The normalized spacial score (nSPS) is 14.9. The Morgan fingerprint density at radius 2 is 1.81 bits per heavy atom. The summed E-state index contributed by atoms with van der Waals surface area (Å²) in [7, 11) is 0. The first-order valence-corrected chi connectivity index (χ1v) is 10.3. The first kappa shape index (κ1) is 20.5. The maximum atomic E-state index is 13.2. The van der Waals surface area contributed by atoms with E-state index in [-0.39, 0.29) is 42.1 Å². The third-order valence-electron chi connectivity index (χ3n) is 5.48. The van der Waals surface area contributed by atoms with Gasteiger partial charge in [0.15, 0.2) is 0 Å². The van der Waals surface area contributed by atoms with Crippen molar-refractivity contribution in [3.05, 3.63) is 87.8 Å². The Labute approximate surface area is 180 Å². The fraction of sp³-hybridized carbons (Fsp3) is 0.250. The van der Waals surface area contributed by atoms with Gasteiger partial charge in [0.1, 0.15) is 5.69 Å². The lowest BCUT2D eigenvalue weighted by atomic mass is 10.1. The van der Waals surface area contributed by atoms with Crippen LogP contribution in [0.15, 0.2) is 65.5 Å². The van der Waals surface area contributed by atoms with Crippen molar-refractivity contribution in [3.8, 4) is 0 Å². The maximum absolute atomic E-state index is 13.2. The van der Waals surface area contributed by atoms with Crippen LogP contribution < -0.4 is 15.8 Å². The van der Waals surface area contributed by atoms with Gasteiger partial charge >= 0.3 is 0 Å². The molecule has 1 aliphatic heterocycles. The van der Waals surface area contributed by atoms with Gasteiger partial charge in [0, 0.05) is 29.9 Å². The van der Waals surface area contributed by atoms with E-state index in [0.717, 1.165) is 28.9 Å². The summed E-state index contributed by atoms with van der Waals surface area (Å²) in [6.07, 6.45) is 0.850. The van der Waals surface area contributed by atoms with Crippen LogP contribution in [0.2, 0.25) is 0 Å². The smallest absolute Gasteiger partial charge is 0.278 e. The zero-order chi connectivity index (χ0) is 22.0. The minimum absolute atomic E-state index is 0.00645. The molecule has 0 saturated heterocycles. The molecule has 0 saturated carbocycles. The highest BCUT2D eigenvalue weighted by Crippen LogP contribution is 2.32. The number of fused-ring (bicyclic) bond motifs is 1. The molecule has 0 bridgehead atoms. The second-order valence-electron chi connectivity index (χ2n) is 7.75. The van der Waals surface area contributed by atoms with Crippen LogP contribution in [0.25, 0.3) is 0 Å². The van der Waals surface area contributed by atoms with Crippen LogP contribution in [0, 0.1) is 6.92 Å². The minimum atomic E-state index is -0.352. The van der Waals surface area contributed by atoms with Gasteiger partial charge in [-0.05, 0) is 49.6 Å². The van der Waals surface area contributed by atoms with Crippen molar-refractivity contribution in [3.63, 3.8) is 0 Å². The van der Waals surface area contributed by atoms with E-state index in [0.29, 0.717) is 0 Å². The van der Waals surface area contributed by atoms with E-state index in [4.69, 9.17) is 0 Å². The van der Waals surface area contributed by atoms with Crippen molar-refractivity contribution in [1.29, 1.82) is 0 Å². The predicted molar refractivity (Wildman–Crippen MR) is 119 cm³/mol. The van der Waals surface area contributed by atoms with Crippen LogP contribution in [0.3, 0.4) is 0 Å². The van der Waals surface area contributed by atoms with Gasteiger partial charge < -0.3 is 10.2 Å². The molecule has 2 heterocycles. The van der Waals surface area contributed by atoms with Crippen molar-refractivity contribution >= 4 is 23.2 Å². The number of nitrogens with one attached hydrogen (secondary N) is 1. The summed E-state index contributed by atoms with van der Waals surface area (Å²) in [6.45, 7) is 3.99. The standard InChI is InChI=1S/C24H24N4O3/c1-16-7-3-5-9-19(16)25-22(29)13-14-27-23(30)12-11-20(26-27)24(31)28-17(2)15-18-8-4-6-10-21(18)28/h3-12,17H,13-15H2,1-2H3,(H,25,29). The first-order valence-electron chi connectivity index (χ1n) is 10.3. The van der Waals surface area contributed by atoms with E-state index in [1.54, 1.807) is 4.90 Å². The Hall–Kier alpha value is -3.74. The van der Waals surface area contributed by atoms with Gasteiger partial charge in [0.05, 0.1) is 6.54 Å². The summed E-state index contributed by atoms with van der Waals surface area (Å²) in [4.78, 5) is 39.5. The van der Waals surface area contributed by atoms with Crippen LogP contribution in [0.1, 0.15) is 35.0 Å². The van der Waals surface area contributed by atoms with Gasteiger partial charge in [-0.1, -0.05) is 36.4 Å². The number of aromatic nitrogens is 2. The molecule has 2 amide bonds. The molecule has 158 valence electrons. The van der Waals surface area contributed by atoms with E-state index < -0.39 is 0 Å². The van der Waals surface area contributed by atoms with E-state index in [9.17, 15) is 14.4 Å². The van der Waals surface area contributed by atoms with Crippen LogP contribution in [-0.2, 0) is 17.8 Å². The monoisotopic (exact) mass is 416 g/mol. The van der Waals surface area contributed by atoms with Crippen LogP contribution >= 0.6 is 0 Å². The van der Waals surface area contributed by atoms with Crippen LogP contribution in [0.5, 0.6) is 0 Å². The molecule has 31 heavy (non-hydrogen) atoms. The summed E-state index contributed by atoms with van der Waals surface area (Å²) in [5.41, 5.74) is 3.51. The molecule has 1 atom stereocenters. The summed E-state index contributed by atoms with van der Waals surface area (Å²) in [5, 5.41) is 7.10. The van der Waals surface area contributed by atoms with Crippen LogP contribution in [0.4, 0.5) is 11.4 Å². The summed E-state index contributed by atoms with van der Waals surface area (Å²) >= 11 is 0. The molecular formula is C24H24N4O3. The van der Waals surface area contributed by atoms with Crippen molar-refractivity contribution in [2.45, 2.75) is 39.3 Å². The lowest BCUT2D eigenvalue weighted by molar-refractivity contribution is -0.116. The molecular weight excluding hydrogens is 392 g/mol. The molecule has 7 nitrogen and oxygen atoms in total. The van der Waals surface area contributed by atoms with E-state index in [1.807, 2.05) is 62.4 Å². The molecule has 2 aromatic carbocycles. The van der Waals surface area contributed by atoms with Gasteiger partial charge in [-0.3, -0.25) is 14.4 Å². The average molecular weight is 416 g/mol. The zero-order valence-corrected chi connectivity index (χ0v) is 17.5. The Morgan fingerprint density at radius 1 is 1.06 bits per heavy atom. The Morgan fingerprint density at radius 3 is 2.61 bits per heavy atom. The quantitative estimate of drug-likeness (QED) is 0.692. The largest absolute Gasteiger partial charge is 0.326 e. The molecule has 4 rings (SSSR count). The SMILES string of the molecule is Cc1ccccc1NC(=O)CCn1nc(C(=O)N2c3ccccc3CC2C)ccc1=O. The molecule has 0 spiro atoms. The zero-order valence-electron chi connectivity index (χ0n) is 17.5. The third kappa shape index (κ3) is 4.26. The molecule has 0 fully saturated rings. The Balaban J connectivity index is 1.49. The number of nitrogens with zero attached hydrogens (tertiary/aromatic N) is 3. The minimum Gasteiger partial charge on any atom is -0.326 e.